The Morgan fingerprint density at radius 2 is 1.72 bits per heavy atom. The number of nitrogens with two attached hydrogens (primary N) is 1. The van der Waals surface area contributed by atoms with Gasteiger partial charge in [0.2, 0.25) is 11.9 Å². The number of aromatic nitrogens is 4. The number of hydrogen-bond acceptors (Lipinski definition) is 10. The molecule has 0 bridgehead atoms. The minimum Gasteiger partial charge on any atom is -0.378 e. The van der Waals surface area contributed by atoms with E-state index in [1.54, 1.807) is 19.3 Å². The van der Waals surface area contributed by atoms with Gasteiger partial charge in [0, 0.05) is 51.2 Å². The molecule has 1 saturated heterocycles. The van der Waals surface area contributed by atoms with Crippen molar-refractivity contribution in [3.63, 3.8) is 0 Å². The van der Waals surface area contributed by atoms with E-state index >= 15 is 0 Å². The molecule has 2 aliphatic heterocycles. The fraction of sp³-hybridized carbons (Fsp3) is 0.294. The van der Waals surface area contributed by atoms with Gasteiger partial charge in [-0.3, -0.25) is 9.59 Å². The number of aryl methyl sites for hydroxylation is 1. The van der Waals surface area contributed by atoms with E-state index in [2.05, 4.69) is 62.6 Å². The summed E-state index contributed by atoms with van der Waals surface area (Å²) in [7, 11) is 0. The van der Waals surface area contributed by atoms with E-state index in [0.29, 0.717) is 61.1 Å². The van der Waals surface area contributed by atoms with Gasteiger partial charge in [-0.05, 0) is 59.7 Å². The lowest BCUT2D eigenvalue weighted by Gasteiger charge is -2.29. The van der Waals surface area contributed by atoms with Crippen LogP contribution >= 0.6 is 11.3 Å². The van der Waals surface area contributed by atoms with Gasteiger partial charge in [0.15, 0.2) is 11.6 Å². The summed E-state index contributed by atoms with van der Waals surface area (Å²) in [5.74, 6) is 1.39. The van der Waals surface area contributed by atoms with Crippen LogP contribution in [-0.4, -0.2) is 71.1 Å². The first-order chi connectivity index (χ1) is 22.4. The van der Waals surface area contributed by atoms with Gasteiger partial charge >= 0.3 is 0 Å². The summed E-state index contributed by atoms with van der Waals surface area (Å²) in [5, 5.41) is 3.08. The van der Waals surface area contributed by atoms with E-state index < -0.39 is 0 Å². The van der Waals surface area contributed by atoms with Crippen molar-refractivity contribution in [2.24, 2.45) is 0 Å². The second-order valence-corrected chi connectivity index (χ2v) is 12.5. The topological polar surface area (TPSA) is 139 Å². The molecule has 11 nitrogen and oxygen atoms in total. The van der Waals surface area contributed by atoms with Crippen molar-refractivity contribution in [1.82, 2.24) is 25.3 Å². The number of anilines is 3. The third-order valence-corrected chi connectivity index (χ3v) is 9.50. The van der Waals surface area contributed by atoms with E-state index in [-0.39, 0.29) is 17.8 Å². The van der Waals surface area contributed by atoms with Crippen LogP contribution in [0.1, 0.15) is 34.1 Å². The van der Waals surface area contributed by atoms with E-state index in [1.165, 1.54) is 16.9 Å². The van der Waals surface area contributed by atoms with Crippen molar-refractivity contribution in [2.45, 2.75) is 26.2 Å². The van der Waals surface area contributed by atoms with Crippen molar-refractivity contribution in [3.8, 4) is 22.5 Å². The molecule has 0 spiro atoms. The normalized spacial score (nSPS) is 14.7. The maximum Gasteiger partial charge on any atom is 0.261 e. The first-order valence-electron chi connectivity index (χ1n) is 15.4. The molecule has 2 aliphatic rings. The monoisotopic (exact) mass is 634 g/mol. The molecule has 3 N–H and O–H groups in total. The van der Waals surface area contributed by atoms with Crippen LogP contribution in [-0.2, 0) is 22.4 Å². The second-order valence-electron chi connectivity index (χ2n) is 11.4. The van der Waals surface area contributed by atoms with Crippen molar-refractivity contribution in [1.29, 1.82) is 0 Å². The smallest absolute Gasteiger partial charge is 0.261 e. The van der Waals surface area contributed by atoms with E-state index in [4.69, 9.17) is 20.4 Å². The third-order valence-electron chi connectivity index (χ3n) is 8.38. The van der Waals surface area contributed by atoms with E-state index in [0.717, 1.165) is 52.3 Å². The second kappa shape index (κ2) is 12.8. The number of fused-ring (bicyclic) bond motifs is 2. The largest absolute Gasteiger partial charge is 0.378 e. The average molecular weight is 635 g/mol. The van der Waals surface area contributed by atoms with Crippen molar-refractivity contribution in [3.05, 3.63) is 76.9 Å². The number of nitrogens with one attached hydrogen (secondary N) is 1. The number of morpholine rings is 1. The first-order valence-corrected chi connectivity index (χ1v) is 16.3. The molecule has 0 aliphatic carbocycles. The van der Waals surface area contributed by atoms with Gasteiger partial charge in [-0.2, -0.15) is 0 Å². The van der Waals surface area contributed by atoms with Gasteiger partial charge in [0.1, 0.15) is 0 Å². The Bertz CT molecular complexity index is 1900. The molecule has 2 aromatic carbocycles. The summed E-state index contributed by atoms with van der Waals surface area (Å²) in [4.78, 5) is 47.7. The van der Waals surface area contributed by atoms with E-state index in [9.17, 15) is 9.59 Å². The third kappa shape index (κ3) is 6.13. The minimum atomic E-state index is -0.140. The maximum absolute atomic E-state index is 13.3. The molecule has 1 fully saturated rings. The molecule has 46 heavy (non-hydrogen) atoms. The number of nitrogens with zero attached hydrogens (tertiary/aromatic N) is 6. The van der Waals surface area contributed by atoms with Gasteiger partial charge in [-0.15, -0.1) is 11.3 Å². The molecule has 7 rings (SSSR count). The molecule has 5 aromatic rings. The van der Waals surface area contributed by atoms with Crippen LogP contribution < -0.4 is 20.9 Å². The van der Waals surface area contributed by atoms with Crippen LogP contribution in [0, 0.1) is 0 Å². The lowest BCUT2D eigenvalue weighted by molar-refractivity contribution is -0.116. The van der Waals surface area contributed by atoms with Gasteiger partial charge in [0.25, 0.3) is 5.91 Å². The number of benzene rings is 2. The van der Waals surface area contributed by atoms with Gasteiger partial charge in [-0.1, -0.05) is 30.3 Å². The fourth-order valence-corrected chi connectivity index (χ4v) is 7.00. The zero-order valence-electron chi connectivity index (χ0n) is 25.5. The zero-order valence-corrected chi connectivity index (χ0v) is 26.3. The molecule has 234 valence electrons. The van der Waals surface area contributed by atoms with Crippen LogP contribution in [0.2, 0.25) is 0 Å². The highest BCUT2D eigenvalue weighted by atomic mass is 32.1. The first kappa shape index (κ1) is 29.8. The molecule has 0 unspecified atom stereocenters. The number of carbonyl (C=O) groups is 2. The molecular formula is C34H34N8O3S. The Morgan fingerprint density at radius 1 is 0.957 bits per heavy atom. The summed E-state index contributed by atoms with van der Waals surface area (Å²) in [6.45, 7) is 5.53. The SMILES string of the molecule is CC(=O)N1CCCc2cc(-c3ccc(CCNC(=O)c4cc5nc(-c6cnc(N)nc6)nc(N6CCOCC6)c5s4)cc3)ccc21. The highest BCUT2D eigenvalue weighted by Gasteiger charge is 2.23. The van der Waals surface area contributed by atoms with Crippen molar-refractivity contribution >= 4 is 50.8 Å². The Hall–Kier alpha value is -4.94. The predicted octanol–water partition coefficient (Wildman–Crippen LogP) is 4.51. The summed E-state index contributed by atoms with van der Waals surface area (Å²) < 4.78 is 6.41. The zero-order chi connectivity index (χ0) is 31.6. The number of hydrogen-bond donors (Lipinski definition) is 2. The Balaban J connectivity index is 1.04. The number of nitrogen functional groups attached to an aromatic ring is 1. The highest BCUT2D eigenvalue weighted by molar-refractivity contribution is 7.21. The quantitative estimate of drug-likeness (QED) is 0.265. The standard InChI is InChI=1S/C34H34N8O3S/c1-21(43)42-12-2-3-25-17-24(8-9-28(25)42)23-6-4-22(5-7-23)10-11-36-33(44)29-18-27-30(46-29)32(41-13-15-45-16-14-41)40-31(39-27)26-19-37-34(35)38-20-26/h4-9,17-20H,2-3,10-16H2,1H3,(H,36,44)(H2,35,37,38). The molecule has 12 heteroatoms. The lowest BCUT2D eigenvalue weighted by atomic mass is 9.95. The number of thiophene rings is 1. The molecule has 3 aromatic heterocycles. The van der Waals surface area contributed by atoms with Crippen LogP contribution in [0.25, 0.3) is 32.7 Å². The molecule has 0 saturated carbocycles. The van der Waals surface area contributed by atoms with E-state index in [1.807, 2.05) is 11.0 Å². The fourth-order valence-electron chi connectivity index (χ4n) is 5.97. The highest BCUT2D eigenvalue weighted by Crippen LogP contribution is 2.35. The van der Waals surface area contributed by atoms with Crippen LogP contribution in [0.4, 0.5) is 17.5 Å². The van der Waals surface area contributed by atoms with Crippen LogP contribution in [0.5, 0.6) is 0 Å². The van der Waals surface area contributed by atoms with Crippen LogP contribution in [0.3, 0.4) is 0 Å². The number of rotatable bonds is 7. The Kier molecular flexibility index (Phi) is 8.29. The van der Waals surface area contributed by atoms with Gasteiger partial charge in [0.05, 0.1) is 33.9 Å². The summed E-state index contributed by atoms with van der Waals surface area (Å²) in [5.41, 5.74) is 12.7. The number of ether oxygens (including phenoxy) is 1. The Labute approximate surface area is 270 Å². The molecule has 2 amide bonds. The van der Waals surface area contributed by atoms with Crippen molar-refractivity contribution < 1.29 is 14.3 Å². The predicted molar refractivity (Wildman–Crippen MR) is 180 cm³/mol. The van der Waals surface area contributed by atoms with Crippen LogP contribution in [0.15, 0.2) is 60.9 Å². The summed E-state index contributed by atoms with van der Waals surface area (Å²) >= 11 is 1.40. The summed E-state index contributed by atoms with van der Waals surface area (Å²) in [6, 6.07) is 16.6. The number of carbonyl (C=O) groups excluding carboxylic acids is 2. The maximum atomic E-state index is 13.3. The Morgan fingerprint density at radius 3 is 2.48 bits per heavy atom. The van der Waals surface area contributed by atoms with Gasteiger partial charge in [-0.25, -0.2) is 19.9 Å². The summed E-state index contributed by atoms with van der Waals surface area (Å²) in [6.07, 6.45) is 5.87. The molecule has 5 heterocycles. The molecular weight excluding hydrogens is 600 g/mol. The van der Waals surface area contributed by atoms with Crippen molar-refractivity contribution in [2.75, 3.05) is 54.9 Å². The minimum absolute atomic E-state index is 0.0861. The van der Waals surface area contributed by atoms with Gasteiger partial charge < -0.3 is 25.6 Å². The average Bonchev–Trinajstić information content (AvgIpc) is 3.53. The molecule has 0 atom stereocenters. The molecule has 0 radical (unpaired) electrons. The lowest BCUT2D eigenvalue weighted by Crippen LogP contribution is -2.36. The number of amides is 2.